The van der Waals surface area contributed by atoms with Crippen LogP contribution in [0.25, 0.3) is 0 Å². The number of nitrogens with one attached hydrogen (secondary N) is 1. The standard InChI is InChI=1S/C19H24ClNO2S/c1-12-13(2)15(4)19(16(5)14(12)3)24(22,23)21-10-9-17-7-6-8-18(20)11-17/h6-8,11,21H,9-10H2,1-5H3. The van der Waals surface area contributed by atoms with E-state index >= 15 is 0 Å². The van der Waals surface area contributed by atoms with Crippen molar-refractivity contribution in [2.45, 2.75) is 45.9 Å². The third-order valence-corrected chi connectivity index (χ3v) is 6.76. The molecule has 0 saturated carbocycles. The SMILES string of the molecule is Cc1c(C)c(C)c(S(=O)(=O)NCCc2cccc(Cl)c2)c(C)c1C. The van der Waals surface area contributed by atoms with Crippen LogP contribution in [0.1, 0.15) is 33.4 Å². The first-order valence-corrected chi connectivity index (χ1v) is 9.82. The highest BCUT2D eigenvalue weighted by atomic mass is 35.5. The van der Waals surface area contributed by atoms with Gasteiger partial charge in [0.25, 0.3) is 0 Å². The van der Waals surface area contributed by atoms with E-state index in [-0.39, 0.29) is 0 Å². The third kappa shape index (κ3) is 3.82. The van der Waals surface area contributed by atoms with Gasteiger partial charge in [0.15, 0.2) is 0 Å². The Bertz CT molecular complexity index is 844. The molecule has 0 spiro atoms. The largest absolute Gasteiger partial charge is 0.241 e. The molecule has 0 saturated heterocycles. The second kappa shape index (κ2) is 7.26. The Hall–Kier alpha value is -1.36. The van der Waals surface area contributed by atoms with E-state index in [2.05, 4.69) is 4.72 Å². The molecule has 3 nitrogen and oxygen atoms in total. The summed E-state index contributed by atoms with van der Waals surface area (Å²) in [6, 6.07) is 7.47. The molecule has 0 aromatic heterocycles. The quantitative estimate of drug-likeness (QED) is 0.853. The van der Waals surface area contributed by atoms with Gasteiger partial charge in [-0.1, -0.05) is 23.7 Å². The van der Waals surface area contributed by atoms with Gasteiger partial charge in [-0.25, -0.2) is 13.1 Å². The Morgan fingerprint density at radius 1 is 0.917 bits per heavy atom. The minimum atomic E-state index is -3.55. The predicted octanol–water partition coefficient (Wildman–Crippen LogP) is 4.40. The topological polar surface area (TPSA) is 46.2 Å². The lowest BCUT2D eigenvalue weighted by atomic mass is 9.95. The average molecular weight is 366 g/mol. The summed E-state index contributed by atoms with van der Waals surface area (Å²) in [4.78, 5) is 0.411. The van der Waals surface area contributed by atoms with Crippen molar-refractivity contribution in [3.05, 3.63) is 62.7 Å². The van der Waals surface area contributed by atoms with Crippen LogP contribution in [0.5, 0.6) is 0 Å². The van der Waals surface area contributed by atoms with Crippen LogP contribution in [-0.2, 0) is 16.4 Å². The Balaban J connectivity index is 2.25. The van der Waals surface area contributed by atoms with Crippen molar-refractivity contribution in [1.82, 2.24) is 4.72 Å². The maximum Gasteiger partial charge on any atom is 0.241 e. The zero-order chi connectivity index (χ0) is 18.1. The molecule has 2 rings (SSSR count). The van der Waals surface area contributed by atoms with Crippen molar-refractivity contribution in [2.24, 2.45) is 0 Å². The lowest BCUT2D eigenvalue weighted by molar-refractivity contribution is 0.580. The van der Waals surface area contributed by atoms with Gasteiger partial charge < -0.3 is 0 Å². The van der Waals surface area contributed by atoms with Crippen LogP contribution in [0, 0.1) is 34.6 Å². The highest BCUT2D eigenvalue weighted by Crippen LogP contribution is 2.29. The Morgan fingerprint density at radius 3 is 2.00 bits per heavy atom. The van der Waals surface area contributed by atoms with E-state index in [1.54, 1.807) is 6.07 Å². The fraction of sp³-hybridized carbons (Fsp3) is 0.368. The number of hydrogen-bond donors (Lipinski definition) is 1. The highest BCUT2D eigenvalue weighted by molar-refractivity contribution is 7.89. The Labute approximate surface area is 150 Å². The average Bonchev–Trinajstić information content (AvgIpc) is 2.51. The zero-order valence-electron chi connectivity index (χ0n) is 14.8. The molecule has 0 heterocycles. The van der Waals surface area contributed by atoms with Gasteiger partial charge in [-0.3, -0.25) is 0 Å². The molecule has 5 heteroatoms. The van der Waals surface area contributed by atoms with E-state index in [9.17, 15) is 8.42 Å². The number of halogens is 1. The van der Waals surface area contributed by atoms with Gasteiger partial charge in [0.1, 0.15) is 0 Å². The molecule has 24 heavy (non-hydrogen) atoms. The number of rotatable bonds is 5. The van der Waals surface area contributed by atoms with Gasteiger partial charge in [0.2, 0.25) is 10.0 Å². The Kier molecular flexibility index (Phi) is 5.74. The summed E-state index contributed by atoms with van der Waals surface area (Å²) < 4.78 is 28.3. The Morgan fingerprint density at radius 2 is 1.46 bits per heavy atom. The van der Waals surface area contributed by atoms with Crippen LogP contribution in [0.3, 0.4) is 0 Å². The molecule has 0 amide bonds. The fourth-order valence-electron chi connectivity index (χ4n) is 2.96. The van der Waals surface area contributed by atoms with Crippen molar-refractivity contribution >= 4 is 21.6 Å². The zero-order valence-corrected chi connectivity index (χ0v) is 16.4. The lowest BCUT2D eigenvalue weighted by Gasteiger charge is -2.19. The molecular weight excluding hydrogens is 342 g/mol. The minimum absolute atomic E-state index is 0.341. The molecule has 0 bridgehead atoms. The van der Waals surface area contributed by atoms with E-state index in [0.717, 1.165) is 33.4 Å². The smallest absolute Gasteiger partial charge is 0.211 e. The highest BCUT2D eigenvalue weighted by Gasteiger charge is 2.23. The maximum atomic E-state index is 12.8. The minimum Gasteiger partial charge on any atom is -0.211 e. The maximum absolute atomic E-state index is 12.8. The number of benzene rings is 2. The van der Waals surface area contributed by atoms with E-state index in [1.165, 1.54) is 0 Å². The monoisotopic (exact) mass is 365 g/mol. The summed E-state index contributed by atoms with van der Waals surface area (Å²) in [5.41, 5.74) is 5.89. The van der Waals surface area contributed by atoms with Gasteiger partial charge in [-0.2, -0.15) is 0 Å². The van der Waals surface area contributed by atoms with E-state index in [0.29, 0.717) is 22.9 Å². The molecule has 0 aliphatic heterocycles. The second-order valence-electron chi connectivity index (χ2n) is 6.23. The molecule has 0 atom stereocenters. The molecule has 2 aromatic carbocycles. The summed E-state index contributed by atoms with van der Waals surface area (Å²) in [7, 11) is -3.55. The third-order valence-electron chi connectivity index (χ3n) is 4.79. The molecule has 0 unspecified atom stereocenters. The number of sulfonamides is 1. The molecule has 0 aliphatic carbocycles. The van der Waals surface area contributed by atoms with E-state index < -0.39 is 10.0 Å². The van der Waals surface area contributed by atoms with Crippen LogP contribution in [0.2, 0.25) is 5.02 Å². The van der Waals surface area contributed by atoms with Crippen LogP contribution in [0.15, 0.2) is 29.2 Å². The van der Waals surface area contributed by atoms with Crippen molar-refractivity contribution in [2.75, 3.05) is 6.54 Å². The first kappa shape index (κ1) is 19.0. The van der Waals surface area contributed by atoms with Gasteiger partial charge in [-0.15, -0.1) is 0 Å². The summed E-state index contributed by atoms with van der Waals surface area (Å²) in [6.07, 6.45) is 0.599. The molecule has 0 aliphatic rings. The molecule has 1 N–H and O–H groups in total. The molecule has 0 radical (unpaired) electrons. The number of hydrogen-bond acceptors (Lipinski definition) is 2. The lowest BCUT2D eigenvalue weighted by Crippen LogP contribution is -2.28. The van der Waals surface area contributed by atoms with Crippen LogP contribution < -0.4 is 4.72 Å². The summed E-state index contributed by atoms with van der Waals surface area (Å²) >= 11 is 5.96. The van der Waals surface area contributed by atoms with Crippen molar-refractivity contribution < 1.29 is 8.42 Å². The van der Waals surface area contributed by atoms with Crippen molar-refractivity contribution in [3.63, 3.8) is 0 Å². The van der Waals surface area contributed by atoms with Gasteiger partial charge in [-0.05, 0) is 86.6 Å². The predicted molar refractivity (Wildman–Crippen MR) is 100 cm³/mol. The van der Waals surface area contributed by atoms with Gasteiger partial charge in [0, 0.05) is 11.6 Å². The summed E-state index contributed by atoms with van der Waals surface area (Å²) in [5, 5.41) is 0.659. The van der Waals surface area contributed by atoms with Crippen molar-refractivity contribution in [1.29, 1.82) is 0 Å². The second-order valence-corrected chi connectivity index (χ2v) is 8.37. The molecular formula is C19H24ClNO2S. The van der Waals surface area contributed by atoms with Crippen LogP contribution in [-0.4, -0.2) is 15.0 Å². The normalized spacial score (nSPS) is 11.8. The fourth-order valence-corrected chi connectivity index (χ4v) is 4.80. The first-order valence-electron chi connectivity index (χ1n) is 7.96. The molecule has 0 fully saturated rings. The van der Waals surface area contributed by atoms with Gasteiger partial charge in [0.05, 0.1) is 4.90 Å². The molecule has 130 valence electrons. The summed E-state index contributed by atoms with van der Waals surface area (Å²) in [6.45, 7) is 10.1. The molecule has 2 aromatic rings. The van der Waals surface area contributed by atoms with Crippen LogP contribution in [0.4, 0.5) is 0 Å². The van der Waals surface area contributed by atoms with E-state index in [4.69, 9.17) is 11.6 Å². The van der Waals surface area contributed by atoms with Gasteiger partial charge >= 0.3 is 0 Å². The van der Waals surface area contributed by atoms with Crippen LogP contribution >= 0.6 is 11.6 Å². The first-order chi connectivity index (χ1) is 11.1. The van der Waals surface area contributed by atoms with E-state index in [1.807, 2.05) is 52.8 Å². The summed E-state index contributed by atoms with van der Waals surface area (Å²) in [5.74, 6) is 0. The van der Waals surface area contributed by atoms with Crippen molar-refractivity contribution in [3.8, 4) is 0 Å².